The monoisotopic (exact) mass is 250 g/mol. The van der Waals surface area contributed by atoms with Gasteiger partial charge in [0, 0.05) is 14.1 Å². The highest BCUT2D eigenvalue weighted by atomic mass is 19.1. The summed E-state index contributed by atoms with van der Waals surface area (Å²) in [5, 5.41) is 9.04. The number of aromatic nitrogens is 4. The molecule has 0 aliphatic rings. The van der Waals surface area contributed by atoms with E-state index in [0.29, 0.717) is 0 Å². The molecule has 94 valence electrons. The minimum atomic E-state index is -0.586. The van der Waals surface area contributed by atoms with Crippen LogP contribution >= 0.6 is 0 Å². The molecular formula is C10H11FN6O. The van der Waals surface area contributed by atoms with Crippen molar-refractivity contribution in [1.29, 1.82) is 0 Å². The van der Waals surface area contributed by atoms with Crippen molar-refractivity contribution in [1.82, 2.24) is 19.7 Å². The van der Waals surface area contributed by atoms with Gasteiger partial charge in [0.2, 0.25) is 5.95 Å². The second-order valence-electron chi connectivity index (χ2n) is 3.46. The summed E-state index contributed by atoms with van der Waals surface area (Å²) >= 11 is 0. The second-order valence-corrected chi connectivity index (χ2v) is 3.46. The molecule has 2 N–H and O–H groups in total. The Kier molecular flexibility index (Phi) is 3.18. The summed E-state index contributed by atoms with van der Waals surface area (Å²) in [4.78, 5) is 19.6. The van der Waals surface area contributed by atoms with Crippen molar-refractivity contribution < 1.29 is 9.18 Å². The number of nitrogens with zero attached hydrogens (tertiary/aromatic N) is 4. The number of carbonyl (C=O) groups is 1. The topological polar surface area (TPSA) is 84.7 Å². The van der Waals surface area contributed by atoms with Gasteiger partial charge in [0.15, 0.2) is 0 Å². The molecule has 0 saturated carbocycles. The van der Waals surface area contributed by atoms with Crippen LogP contribution in [-0.2, 0) is 7.05 Å². The fraction of sp³-hybridized carbons (Fsp3) is 0.200. The fourth-order valence-corrected chi connectivity index (χ4v) is 1.39. The predicted molar refractivity (Wildman–Crippen MR) is 62.7 cm³/mol. The number of pyridine rings is 1. The van der Waals surface area contributed by atoms with Crippen LogP contribution in [0.5, 0.6) is 0 Å². The minimum Gasteiger partial charge on any atom is -0.372 e. The lowest BCUT2D eigenvalue weighted by atomic mass is 10.2. The summed E-state index contributed by atoms with van der Waals surface area (Å²) < 4.78 is 14.5. The van der Waals surface area contributed by atoms with Gasteiger partial charge in [-0.15, -0.1) is 0 Å². The molecule has 2 heterocycles. The molecule has 7 nitrogen and oxygen atoms in total. The van der Waals surface area contributed by atoms with E-state index in [1.54, 1.807) is 14.1 Å². The minimum absolute atomic E-state index is 0.0977. The van der Waals surface area contributed by atoms with E-state index in [1.807, 2.05) is 0 Å². The van der Waals surface area contributed by atoms with Gasteiger partial charge in [-0.3, -0.25) is 10.1 Å². The first kappa shape index (κ1) is 12.0. The molecule has 0 saturated heterocycles. The molecule has 0 aliphatic heterocycles. The zero-order valence-electron chi connectivity index (χ0n) is 9.81. The van der Waals surface area contributed by atoms with E-state index >= 15 is 0 Å². The van der Waals surface area contributed by atoms with Crippen LogP contribution in [0.25, 0.3) is 0 Å². The van der Waals surface area contributed by atoms with Crippen molar-refractivity contribution in [3.8, 4) is 0 Å². The number of halogens is 1. The third-order valence-corrected chi connectivity index (χ3v) is 2.27. The molecule has 1 amide bonds. The molecule has 2 rings (SSSR count). The van der Waals surface area contributed by atoms with Crippen molar-refractivity contribution in [3.05, 3.63) is 30.0 Å². The van der Waals surface area contributed by atoms with Gasteiger partial charge in [-0.05, 0) is 6.07 Å². The molecular weight excluding hydrogens is 239 g/mol. The molecule has 0 radical (unpaired) electrons. The maximum absolute atomic E-state index is 13.1. The van der Waals surface area contributed by atoms with E-state index in [9.17, 15) is 9.18 Å². The third-order valence-electron chi connectivity index (χ3n) is 2.27. The zero-order chi connectivity index (χ0) is 13.1. The number of amides is 1. The quantitative estimate of drug-likeness (QED) is 0.835. The van der Waals surface area contributed by atoms with Gasteiger partial charge in [-0.1, -0.05) is 0 Å². The summed E-state index contributed by atoms with van der Waals surface area (Å²) in [6.07, 6.45) is 2.34. The van der Waals surface area contributed by atoms with Gasteiger partial charge in [-0.2, -0.15) is 10.1 Å². The number of hydrogen-bond acceptors (Lipinski definition) is 5. The molecule has 0 aromatic carbocycles. The van der Waals surface area contributed by atoms with Crippen LogP contribution in [0, 0.1) is 5.82 Å². The van der Waals surface area contributed by atoms with Gasteiger partial charge >= 0.3 is 0 Å². The van der Waals surface area contributed by atoms with Gasteiger partial charge in [0.1, 0.15) is 18.0 Å². The summed E-state index contributed by atoms with van der Waals surface area (Å²) in [6, 6.07) is 1.10. The first-order valence-electron chi connectivity index (χ1n) is 5.10. The highest BCUT2D eigenvalue weighted by Crippen LogP contribution is 2.14. The Morgan fingerprint density at radius 3 is 2.83 bits per heavy atom. The molecule has 0 spiro atoms. The molecule has 8 heteroatoms. The van der Waals surface area contributed by atoms with E-state index in [2.05, 4.69) is 25.7 Å². The van der Waals surface area contributed by atoms with E-state index in [1.165, 1.54) is 11.0 Å². The maximum Gasteiger partial charge on any atom is 0.261 e. The Hall–Kier alpha value is -2.51. The van der Waals surface area contributed by atoms with Crippen molar-refractivity contribution >= 4 is 17.7 Å². The number of anilines is 2. The van der Waals surface area contributed by atoms with Crippen LogP contribution in [0.4, 0.5) is 16.2 Å². The van der Waals surface area contributed by atoms with Crippen LogP contribution in [-0.4, -0.2) is 32.7 Å². The average Bonchev–Trinajstić information content (AvgIpc) is 2.75. The Morgan fingerprint density at radius 2 is 2.22 bits per heavy atom. The van der Waals surface area contributed by atoms with E-state index in [4.69, 9.17) is 0 Å². The van der Waals surface area contributed by atoms with Crippen molar-refractivity contribution in [2.45, 2.75) is 0 Å². The maximum atomic E-state index is 13.1. The molecule has 0 atom stereocenters. The number of hydrogen-bond donors (Lipinski definition) is 2. The van der Waals surface area contributed by atoms with E-state index < -0.39 is 11.7 Å². The van der Waals surface area contributed by atoms with E-state index in [0.717, 1.165) is 12.3 Å². The van der Waals surface area contributed by atoms with Gasteiger partial charge < -0.3 is 5.32 Å². The molecule has 0 unspecified atom stereocenters. The Morgan fingerprint density at radius 1 is 1.44 bits per heavy atom. The van der Waals surface area contributed by atoms with Gasteiger partial charge in [-0.25, -0.2) is 14.1 Å². The fourth-order valence-electron chi connectivity index (χ4n) is 1.39. The van der Waals surface area contributed by atoms with Crippen molar-refractivity contribution in [3.63, 3.8) is 0 Å². The summed E-state index contributed by atoms with van der Waals surface area (Å²) in [5.74, 6) is -0.540. The average molecular weight is 250 g/mol. The molecule has 2 aromatic rings. The first-order valence-corrected chi connectivity index (χ1v) is 5.10. The van der Waals surface area contributed by atoms with Crippen LogP contribution in [0.3, 0.4) is 0 Å². The molecule has 0 fully saturated rings. The molecule has 0 bridgehead atoms. The van der Waals surface area contributed by atoms with Crippen molar-refractivity contribution in [2.75, 3.05) is 17.7 Å². The van der Waals surface area contributed by atoms with Gasteiger partial charge in [0.25, 0.3) is 5.91 Å². The lowest BCUT2D eigenvalue weighted by Gasteiger charge is -2.08. The predicted octanol–water partition coefficient (Wildman–Crippen LogP) is 0.643. The van der Waals surface area contributed by atoms with Crippen LogP contribution < -0.4 is 10.6 Å². The van der Waals surface area contributed by atoms with Crippen molar-refractivity contribution in [2.24, 2.45) is 7.05 Å². The number of carbonyl (C=O) groups excluding carboxylic acids is 1. The largest absolute Gasteiger partial charge is 0.372 e. The molecule has 2 aromatic heterocycles. The number of rotatable bonds is 3. The Balaban J connectivity index is 2.29. The van der Waals surface area contributed by atoms with Crippen LogP contribution in [0.2, 0.25) is 0 Å². The first-order chi connectivity index (χ1) is 8.61. The second kappa shape index (κ2) is 4.78. The van der Waals surface area contributed by atoms with Gasteiger partial charge in [0.05, 0.1) is 11.8 Å². The summed E-state index contributed by atoms with van der Waals surface area (Å²) in [6.45, 7) is 0. The SMILES string of the molecule is CNc1ncc(F)cc1C(=O)Nc1ncnn1C. The highest BCUT2D eigenvalue weighted by molar-refractivity contribution is 6.06. The normalized spacial score (nSPS) is 10.2. The van der Waals surface area contributed by atoms with Crippen LogP contribution in [0.1, 0.15) is 10.4 Å². The number of aryl methyl sites for hydroxylation is 1. The zero-order valence-corrected chi connectivity index (χ0v) is 9.81. The lowest BCUT2D eigenvalue weighted by molar-refractivity contribution is 0.102. The smallest absolute Gasteiger partial charge is 0.261 e. The summed E-state index contributed by atoms with van der Waals surface area (Å²) in [7, 11) is 3.23. The third kappa shape index (κ3) is 2.26. The Labute approximate surface area is 102 Å². The lowest BCUT2D eigenvalue weighted by Crippen LogP contribution is -2.17. The highest BCUT2D eigenvalue weighted by Gasteiger charge is 2.15. The summed E-state index contributed by atoms with van der Waals surface area (Å²) in [5.41, 5.74) is 0.0977. The van der Waals surface area contributed by atoms with E-state index in [-0.39, 0.29) is 17.3 Å². The molecule has 18 heavy (non-hydrogen) atoms. The molecule has 0 aliphatic carbocycles. The van der Waals surface area contributed by atoms with Crippen LogP contribution in [0.15, 0.2) is 18.6 Å². The number of nitrogens with one attached hydrogen (secondary N) is 2. The standard InChI is InChI=1S/C10H11FN6O/c1-12-8-7(3-6(11)4-13-8)9(18)16-10-14-5-15-17(10)2/h3-5H,1-2H3,(H,12,13)(H,14,15,16,18). The Bertz CT molecular complexity index is 581.